The maximum absolute atomic E-state index is 12.6. The molecule has 2 aliphatic rings. The number of carbonyl (C=O) groups excluding carboxylic acids is 1. The Kier molecular flexibility index (Phi) is 8.18. The Hall–Kier alpha value is -1.79. The van der Waals surface area contributed by atoms with Crippen molar-refractivity contribution in [2.45, 2.75) is 97.9 Å². The fourth-order valence-corrected chi connectivity index (χ4v) is 4.98. The number of benzene rings is 1. The molecule has 1 saturated heterocycles. The van der Waals surface area contributed by atoms with Crippen LogP contribution in [0.25, 0.3) is 0 Å². The fraction of sp³-hybridized carbons (Fsp3) is 0.692. The minimum Gasteiger partial charge on any atom is -0.444 e. The number of nitrogens with zero attached hydrogens (tertiary/aromatic N) is 2. The number of amides is 1. The topological polar surface area (TPSA) is 66.0 Å². The predicted octanol–water partition coefficient (Wildman–Crippen LogP) is 6.01. The molecule has 1 aromatic rings. The highest BCUT2D eigenvalue weighted by Crippen LogP contribution is 2.35. The van der Waals surface area contributed by atoms with E-state index in [0.717, 1.165) is 37.3 Å². The van der Waals surface area contributed by atoms with E-state index in [0.29, 0.717) is 13.1 Å². The van der Waals surface area contributed by atoms with Gasteiger partial charge in [0, 0.05) is 25.3 Å². The zero-order valence-corrected chi connectivity index (χ0v) is 22.5. The summed E-state index contributed by atoms with van der Waals surface area (Å²) in [6.45, 7) is 19.0. The van der Waals surface area contributed by atoms with E-state index >= 15 is 0 Å². The Morgan fingerprint density at radius 2 is 1.67 bits per heavy atom. The van der Waals surface area contributed by atoms with Crippen LogP contribution in [-0.4, -0.2) is 46.6 Å². The number of fused-ring (bicyclic) bond motifs is 1. The predicted molar refractivity (Wildman–Crippen MR) is 140 cm³/mol. The van der Waals surface area contributed by atoms with Crippen LogP contribution >= 0.6 is 12.4 Å². The average Bonchev–Trinajstić information content (AvgIpc) is 2.76. The van der Waals surface area contributed by atoms with Crippen molar-refractivity contribution in [3.05, 3.63) is 29.8 Å². The van der Waals surface area contributed by atoms with Crippen LogP contribution in [0.15, 0.2) is 29.3 Å². The molecule has 1 fully saturated rings. The Labute approximate surface area is 206 Å². The lowest BCUT2D eigenvalue weighted by Gasteiger charge is -2.43. The Morgan fingerprint density at radius 3 is 2.24 bits per heavy atom. The Balaban J connectivity index is 0.00000385. The van der Waals surface area contributed by atoms with Gasteiger partial charge in [-0.25, -0.2) is 4.79 Å². The number of ether oxygens (including phenoxy) is 1. The van der Waals surface area contributed by atoms with Gasteiger partial charge in [-0.1, -0.05) is 39.0 Å². The van der Waals surface area contributed by atoms with Crippen LogP contribution in [0.1, 0.15) is 80.2 Å². The van der Waals surface area contributed by atoms with E-state index in [1.165, 1.54) is 5.56 Å². The highest BCUT2D eigenvalue weighted by Gasteiger charge is 2.43. The first-order valence-electron chi connectivity index (χ1n) is 11.9. The molecule has 0 bridgehead atoms. The maximum Gasteiger partial charge on any atom is 0.410 e. The van der Waals surface area contributed by atoms with Gasteiger partial charge < -0.3 is 20.3 Å². The molecule has 0 aliphatic carbocycles. The molecule has 0 unspecified atom stereocenters. The number of nitrogens with one attached hydrogen (secondary N) is 2. The van der Waals surface area contributed by atoms with Crippen molar-refractivity contribution < 1.29 is 9.53 Å². The molecule has 1 spiro atoms. The van der Waals surface area contributed by atoms with E-state index < -0.39 is 5.60 Å². The number of hydrogen-bond donors (Lipinski definition) is 2. The van der Waals surface area contributed by atoms with Crippen molar-refractivity contribution in [1.29, 1.82) is 0 Å². The number of amidine groups is 1. The van der Waals surface area contributed by atoms with E-state index in [-0.39, 0.29) is 35.0 Å². The number of carbonyl (C=O) groups is 1. The van der Waals surface area contributed by atoms with Gasteiger partial charge in [0.25, 0.3) is 0 Å². The first kappa shape index (κ1) is 27.5. The summed E-state index contributed by atoms with van der Waals surface area (Å²) in [5.41, 5.74) is 1.53. The van der Waals surface area contributed by atoms with Crippen molar-refractivity contribution in [2.24, 2.45) is 10.4 Å². The molecule has 0 aromatic heterocycles. The van der Waals surface area contributed by atoms with Gasteiger partial charge >= 0.3 is 6.09 Å². The first-order valence-corrected chi connectivity index (χ1v) is 11.9. The molecular weight excluding hydrogens is 436 g/mol. The van der Waals surface area contributed by atoms with Crippen LogP contribution in [0.4, 0.5) is 10.5 Å². The minimum atomic E-state index is -0.487. The summed E-state index contributed by atoms with van der Waals surface area (Å²) in [6, 6.07) is 8.42. The number of halogens is 1. The van der Waals surface area contributed by atoms with Crippen LogP contribution in [0.2, 0.25) is 0 Å². The van der Waals surface area contributed by atoms with E-state index in [1.807, 2.05) is 25.7 Å². The second kappa shape index (κ2) is 9.83. The first-order chi connectivity index (χ1) is 14.7. The molecule has 33 heavy (non-hydrogen) atoms. The second-order valence-corrected chi connectivity index (χ2v) is 12.2. The number of anilines is 1. The number of hydrogen-bond acceptors (Lipinski definition) is 4. The molecule has 2 aliphatic heterocycles. The van der Waals surface area contributed by atoms with Gasteiger partial charge in [0.2, 0.25) is 0 Å². The molecule has 2 N–H and O–H groups in total. The van der Waals surface area contributed by atoms with Gasteiger partial charge in [0.15, 0.2) is 0 Å². The average molecular weight is 479 g/mol. The highest BCUT2D eigenvalue weighted by molar-refractivity contribution is 6.04. The van der Waals surface area contributed by atoms with Crippen LogP contribution in [0.5, 0.6) is 0 Å². The Bertz CT molecular complexity index is 860. The van der Waals surface area contributed by atoms with Crippen molar-refractivity contribution in [3.8, 4) is 0 Å². The zero-order valence-electron chi connectivity index (χ0n) is 21.7. The standard InChI is InChI=1S/C26H42N4O2.ClH/c1-23(2,3)18-25(7,8)29-21-26(27-17-19-11-9-10-12-20(19)28-21)13-15-30(16-14-26)22(31)32-24(4,5)6;/h9-12,27H,13-18H2,1-8H3,(H,28,29);1H. The third-order valence-electron chi connectivity index (χ3n) is 5.99. The molecule has 7 heteroatoms. The largest absolute Gasteiger partial charge is 0.444 e. The molecule has 0 saturated carbocycles. The molecule has 3 rings (SSSR count). The maximum atomic E-state index is 12.6. The van der Waals surface area contributed by atoms with Crippen LogP contribution in [0.3, 0.4) is 0 Å². The third-order valence-corrected chi connectivity index (χ3v) is 5.99. The normalized spacial score (nSPS) is 19.9. The molecule has 186 valence electrons. The van der Waals surface area contributed by atoms with Gasteiger partial charge in [-0.3, -0.25) is 4.99 Å². The third kappa shape index (κ3) is 7.35. The van der Waals surface area contributed by atoms with Crippen molar-refractivity contribution >= 4 is 30.0 Å². The monoisotopic (exact) mass is 478 g/mol. The van der Waals surface area contributed by atoms with E-state index in [4.69, 9.17) is 9.73 Å². The number of aliphatic imine (C=N–C) groups is 1. The van der Waals surface area contributed by atoms with Crippen LogP contribution in [0, 0.1) is 5.41 Å². The van der Waals surface area contributed by atoms with Crippen molar-refractivity contribution in [1.82, 2.24) is 10.2 Å². The van der Waals surface area contributed by atoms with Crippen LogP contribution in [-0.2, 0) is 11.3 Å². The van der Waals surface area contributed by atoms with E-state index in [1.54, 1.807) is 0 Å². The molecule has 1 aromatic carbocycles. The zero-order chi connectivity index (χ0) is 23.8. The van der Waals surface area contributed by atoms with E-state index in [2.05, 4.69) is 69.5 Å². The van der Waals surface area contributed by atoms with Gasteiger partial charge in [-0.2, -0.15) is 0 Å². The lowest BCUT2D eigenvalue weighted by atomic mass is 9.81. The van der Waals surface area contributed by atoms with Crippen LogP contribution < -0.4 is 10.6 Å². The van der Waals surface area contributed by atoms with Gasteiger partial charge in [-0.05, 0) is 70.9 Å². The summed E-state index contributed by atoms with van der Waals surface area (Å²) in [7, 11) is 0. The van der Waals surface area contributed by atoms with Crippen molar-refractivity contribution in [2.75, 3.05) is 18.4 Å². The number of likely N-dealkylation sites (tertiary alicyclic amines) is 1. The highest BCUT2D eigenvalue weighted by atomic mass is 35.5. The molecule has 6 nitrogen and oxygen atoms in total. The summed E-state index contributed by atoms with van der Waals surface area (Å²) >= 11 is 0. The SMILES string of the molecule is CC(C)(C)CC(C)(C)N=C1Nc2ccccc2CNC12CCN(C(=O)OC(C)(C)C)CC2.Cl. The van der Waals surface area contributed by atoms with Crippen molar-refractivity contribution in [3.63, 3.8) is 0 Å². The summed E-state index contributed by atoms with van der Waals surface area (Å²) in [5.74, 6) is 0.987. The van der Waals surface area contributed by atoms with Gasteiger partial charge in [-0.15, -0.1) is 12.4 Å². The summed E-state index contributed by atoms with van der Waals surface area (Å²) < 4.78 is 5.61. The number of para-hydroxylation sites is 1. The molecule has 0 radical (unpaired) electrons. The lowest BCUT2D eigenvalue weighted by molar-refractivity contribution is 0.0179. The van der Waals surface area contributed by atoms with Gasteiger partial charge in [0.05, 0.1) is 11.1 Å². The lowest BCUT2D eigenvalue weighted by Crippen LogP contribution is -2.60. The molecular formula is C26H43ClN4O2. The summed E-state index contributed by atoms with van der Waals surface area (Å²) in [6.07, 6.45) is 2.33. The van der Waals surface area contributed by atoms with E-state index in [9.17, 15) is 4.79 Å². The Morgan fingerprint density at radius 1 is 1.06 bits per heavy atom. The fourth-order valence-electron chi connectivity index (χ4n) is 4.98. The number of rotatable bonds is 2. The molecule has 0 atom stereocenters. The smallest absolute Gasteiger partial charge is 0.410 e. The minimum absolute atomic E-state index is 0. The second-order valence-electron chi connectivity index (χ2n) is 12.2. The van der Waals surface area contributed by atoms with Gasteiger partial charge in [0.1, 0.15) is 11.4 Å². The quantitative estimate of drug-likeness (QED) is 0.546. The molecule has 2 heterocycles. The molecule has 1 amide bonds. The number of piperidine rings is 1. The summed E-state index contributed by atoms with van der Waals surface area (Å²) in [5, 5.41) is 7.52. The summed E-state index contributed by atoms with van der Waals surface area (Å²) in [4.78, 5) is 19.8.